The summed E-state index contributed by atoms with van der Waals surface area (Å²) in [6, 6.07) is 5.11. The summed E-state index contributed by atoms with van der Waals surface area (Å²) < 4.78 is 4.61. The van der Waals surface area contributed by atoms with Crippen molar-refractivity contribution < 1.29 is 14.6 Å². The van der Waals surface area contributed by atoms with Crippen LogP contribution in [0.2, 0.25) is 0 Å². The molecule has 0 spiro atoms. The molecule has 82 valence electrons. The molecule has 1 atom stereocenters. The monoisotopic (exact) mass is 209 g/mol. The number of carbonyl (C=O) groups is 1. The van der Waals surface area contributed by atoms with Crippen LogP contribution in [0.1, 0.15) is 17.0 Å². The fourth-order valence-corrected chi connectivity index (χ4v) is 1.44. The molecule has 3 N–H and O–H groups in total. The normalized spacial score (nSPS) is 12.2. The van der Waals surface area contributed by atoms with E-state index >= 15 is 0 Å². The van der Waals surface area contributed by atoms with E-state index in [1.165, 1.54) is 7.11 Å². The lowest BCUT2D eigenvalue weighted by Gasteiger charge is -2.14. The van der Waals surface area contributed by atoms with Gasteiger partial charge in [0.25, 0.3) is 0 Å². The molecule has 0 heterocycles. The van der Waals surface area contributed by atoms with Crippen LogP contribution in [-0.2, 0) is 9.53 Å². The second-order valence-electron chi connectivity index (χ2n) is 3.37. The first-order valence-corrected chi connectivity index (χ1v) is 4.67. The number of carbonyl (C=O) groups excluding carboxylic acids is 1. The molecule has 0 aliphatic carbocycles. The van der Waals surface area contributed by atoms with Crippen LogP contribution < -0.4 is 5.73 Å². The number of rotatable bonds is 3. The molecule has 0 aliphatic heterocycles. The number of aryl methyl sites for hydroxylation is 1. The number of nitrogens with two attached hydrogens (primary N) is 1. The highest BCUT2D eigenvalue weighted by Gasteiger charge is 2.22. The third-order valence-electron chi connectivity index (χ3n) is 2.28. The minimum absolute atomic E-state index is 0.0795. The van der Waals surface area contributed by atoms with Gasteiger partial charge in [0.05, 0.1) is 13.0 Å². The summed E-state index contributed by atoms with van der Waals surface area (Å²) in [4.78, 5) is 11.4. The molecule has 0 bridgehead atoms. The summed E-state index contributed by atoms with van der Waals surface area (Å²) in [7, 11) is 1.30. The van der Waals surface area contributed by atoms with Crippen molar-refractivity contribution >= 4 is 5.97 Å². The van der Waals surface area contributed by atoms with E-state index in [0.29, 0.717) is 5.56 Å². The van der Waals surface area contributed by atoms with E-state index in [1.807, 2.05) is 13.0 Å². The molecule has 1 aromatic carbocycles. The van der Waals surface area contributed by atoms with Crippen molar-refractivity contribution in [2.24, 2.45) is 5.73 Å². The summed E-state index contributed by atoms with van der Waals surface area (Å²) in [6.45, 7) is 1.97. The van der Waals surface area contributed by atoms with Crippen LogP contribution in [0.15, 0.2) is 18.2 Å². The maximum absolute atomic E-state index is 11.4. The average Bonchev–Trinajstić information content (AvgIpc) is 2.21. The number of hydrogen-bond donors (Lipinski definition) is 2. The summed E-state index contributed by atoms with van der Waals surface area (Å²) in [5, 5.41) is 9.67. The third-order valence-corrected chi connectivity index (χ3v) is 2.28. The van der Waals surface area contributed by atoms with Crippen LogP contribution in [0, 0.1) is 6.92 Å². The summed E-state index contributed by atoms with van der Waals surface area (Å²) in [6.07, 6.45) is 0. The fourth-order valence-electron chi connectivity index (χ4n) is 1.44. The number of aromatic hydroxyl groups is 1. The number of benzene rings is 1. The minimum Gasteiger partial charge on any atom is -0.508 e. The Balaban J connectivity index is 3.07. The van der Waals surface area contributed by atoms with Crippen molar-refractivity contribution in [3.8, 4) is 5.75 Å². The van der Waals surface area contributed by atoms with E-state index in [4.69, 9.17) is 5.73 Å². The van der Waals surface area contributed by atoms with Gasteiger partial charge in [-0.3, -0.25) is 4.79 Å². The first-order valence-electron chi connectivity index (χ1n) is 4.67. The molecule has 0 aliphatic rings. The van der Waals surface area contributed by atoms with Crippen LogP contribution in [0.5, 0.6) is 5.75 Å². The number of phenols is 1. The SMILES string of the molecule is COC(=O)C(CN)c1ccc(C)cc1O. The van der Waals surface area contributed by atoms with Crippen LogP contribution in [0.4, 0.5) is 0 Å². The highest BCUT2D eigenvalue weighted by atomic mass is 16.5. The molecule has 0 aromatic heterocycles. The van der Waals surface area contributed by atoms with Crippen LogP contribution in [0.25, 0.3) is 0 Å². The summed E-state index contributed by atoms with van der Waals surface area (Å²) in [5.41, 5.74) is 6.91. The average molecular weight is 209 g/mol. The van der Waals surface area contributed by atoms with Crippen molar-refractivity contribution in [1.29, 1.82) is 0 Å². The number of methoxy groups -OCH3 is 1. The predicted molar refractivity (Wildman–Crippen MR) is 56.7 cm³/mol. The molecule has 0 amide bonds. The molecule has 1 rings (SSSR count). The Morgan fingerprint density at radius 1 is 1.60 bits per heavy atom. The van der Waals surface area contributed by atoms with Gasteiger partial charge in [-0.05, 0) is 18.6 Å². The fraction of sp³-hybridized carbons (Fsp3) is 0.364. The maximum Gasteiger partial charge on any atom is 0.314 e. The zero-order chi connectivity index (χ0) is 11.4. The van der Waals surface area contributed by atoms with Crippen molar-refractivity contribution in [3.05, 3.63) is 29.3 Å². The van der Waals surface area contributed by atoms with E-state index in [1.54, 1.807) is 12.1 Å². The smallest absolute Gasteiger partial charge is 0.314 e. The van der Waals surface area contributed by atoms with Gasteiger partial charge in [0.2, 0.25) is 0 Å². The zero-order valence-corrected chi connectivity index (χ0v) is 8.86. The van der Waals surface area contributed by atoms with Gasteiger partial charge in [0.15, 0.2) is 0 Å². The first kappa shape index (κ1) is 11.5. The molecule has 1 unspecified atom stereocenters. The van der Waals surface area contributed by atoms with Gasteiger partial charge < -0.3 is 15.6 Å². The highest BCUT2D eigenvalue weighted by Crippen LogP contribution is 2.26. The van der Waals surface area contributed by atoms with Crippen molar-refractivity contribution in [1.82, 2.24) is 0 Å². The molecular formula is C11H15NO3. The van der Waals surface area contributed by atoms with Crippen molar-refractivity contribution in [2.45, 2.75) is 12.8 Å². The Bertz CT molecular complexity index is 363. The molecule has 0 saturated heterocycles. The molecule has 4 nitrogen and oxygen atoms in total. The van der Waals surface area contributed by atoms with Gasteiger partial charge in [-0.25, -0.2) is 0 Å². The van der Waals surface area contributed by atoms with Gasteiger partial charge in [-0.2, -0.15) is 0 Å². The second-order valence-corrected chi connectivity index (χ2v) is 3.37. The Kier molecular flexibility index (Phi) is 3.68. The largest absolute Gasteiger partial charge is 0.508 e. The Morgan fingerprint density at radius 2 is 2.27 bits per heavy atom. The van der Waals surface area contributed by atoms with E-state index in [-0.39, 0.29) is 12.3 Å². The molecule has 0 saturated carbocycles. The van der Waals surface area contributed by atoms with Gasteiger partial charge in [-0.1, -0.05) is 12.1 Å². The van der Waals surface area contributed by atoms with E-state index in [9.17, 15) is 9.90 Å². The predicted octanol–water partition coefficient (Wildman–Crippen LogP) is 0.916. The van der Waals surface area contributed by atoms with Crippen LogP contribution >= 0.6 is 0 Å². The maximum atomic E-state index is 11.4. The Morgan fingerprint density at radius 3 is 2.73 bits per heavy atom. The number of esters is 1. The minimum atomic E-state index is -0.601. The lowest BCUT2D eigenvalue weighted by atomic mass is 9.97. The van der Waals surface area contributed by atoms with E-state index in [0.717, 1.165) is 5.56 Å². The quantitative estimate of drug-likeness (QED) is 0.726. The number of ether oxygens (including phenoxy) is 1. The standard InChI is InChI=1S/C11H15NO3/c1-7-3-4-8(10(13)5-7)9(6-12)11(14)15-2/h3-5,9,13H,6,12H2,1-2H3. The topological polar surface area (TPSA) is 72.5 Å². The summed E-state index contributed by atoms with van der Waals surface area (Å²) >= 11 is 0. The van der Waals surface area contributed by atoms with Crippen molar-refractivity contribution in [2.75, 3.05) is 13.7 Å². The van der Waals surface area contributed by atoms with E-state index in [2.05, 4.69) is 4.74 Å². The van der Waals surface area contributed by atoms with Gasteiger partial charge in [0, 0.05) is 12.1 Å². The Hall–Kier alpha value is -1.55. The second kappa shape index (κ2) is 4.79. The van der Waals surface area contributed by atoms with Crippen molar-refractivity contribution in [3.63, 3.8) is 0 Å². The Labute approximate surface area is 88.7 Å². The number of phenolic OH excluding ortho intramolecular Hbond substituents is 1. The third kappa shape index (κ3) is 2.47. The molecule has 0 radical (unpaired) electrons. The molecule has 1 aromatic rings. The van der Waals surface area contributed by atoms with Gasteiger partial charge in [0.1, 0.15) is 5.75 Å². The lowest BCUT2D eigenvalue weighted by Crippen LogP contribution is -2.22. The summed E-state index contributed by atoms with van der Waals surface area (Å²) in [5.74, 6) is -0.955. The van der Waals surface area contributed by atoms with Gasteiger partial charge in [-0.15, -0.1) is 0 Å². The first-order chi connectivity index (χ1) is 7.10. The van der Waals surface area contributed by atoms with Crippen LogP contribution in [-0.4, -0.2) is 24.7 Å². The zero-order valence-electron chi connectivity index (χ0n) is 8.86. The van der Waals surface area contributed by atoms with Gasteiger partial charge >= 0.3 is 5.97 Å². The molecule has 0 fully saturated rings. The molecule has 15 heavy (non-hydrogen) atoms. The molecular weight excluding hydrogens is 194 g/mol. The number of hydrogen-bond acceptors (Lipinski definition) is 4. The highest BCUT2D eigenvalue weighted by molar-refractivity contribution is 5.79. The lowest BCUT2D eigenvalue weighted by molar-refractivity contribution is -0.142. The molecule has 4 heteroatoms. The van der Waals surface area contributed by atoms with Crippen LogP contribution in [0.3, 0.4) is 0 Å². The van der Waals surface area contributed by atoms with E-state index < -0.39 is 11.9 Å².